The Hall–Kier alpha value is -2.33. The van der Waals surface area contributed by atoms with Crippen molar-refractivity contribution in [3.05, 3.63) is 58.6 Å². The van der Waals surface area contributed by atoms with Crippen LogP contribution in [0.5, 0.6) is 0 Å². The summed E-state index contributed by atoms with van der Waals surface area (Å²) < 4.78 is 0. The molecular formula is C15H12ClNO3. The van der Waals surface area contributed by atoms with Crippen LogP contribution in [0.3, 0.4) is 0 Å². The molecule has 0 radical (unpaired) electrons. The summed E-state index contributed by atoms with van der Waals surface area (Å²) >= 11 is 6.04. The van der Waals surface area contributed by atoms with E-state index in [1.165, 1.54) is 25.1 Å². The first-order valence-corrected chi connectivity index (χ1v) is 6.26. The monoisotopic (exact) mass is 289 g/mol. The molecule has 102 valence electrons. The van der Waals surface area contributed by atoms with Crippen molar-refractivity contribution in [2.75, 3.05) is 5.32 Å². The first kappa shape index (κ1) is 14.1. The van der Waals surface area contributed by atoms with Crippen LogP contribution in [0, 0.1) is 0 Å². The Morgan fingerprint density at radius 1 is 1.10 bits per heavy atom. The van der Waals surface area contributed by atoms with Crippen molar-refractivity contribution in [3.8, 4) is 0 Å². The lowest BCUT2D eigenvalue weighted by Crippen LogP contribution is -2.02. The van der Waals surface area contributed by atoms with E-state index in [0.29, 0.717) is 22.0 Å². The molecule has 4 nitrogen and oxygen atoms in total. The molecule has 0 heterocycles. The largest absolute Gasteiger partial charge is 0.478 e. The molecule has 5 heteroatoms. The van der Waals surface area contributed by atoms with Gasteiger partial charge in [0.05, 0.1) is 16.3 Å². The number of Topliss-reactive ketones (excluding diaryl/α,β-unsaturated/α-hetero) is 1. The molecule has 0 aliphatic heterocycles. The van der Waals surface area contributed by atoms with Gasteiger partial charge in [0.1, 0.15) is 0 Å². The summed E-state index contributed by atoms with van der Waals surface area (Å²) in [5.74, 6) is -1.12. The fourth-order valence-corrected chi connectivity index (χ4v) is 1.96. The van der Waals surface area contributed by atoms with Gasteiger partial charge in [-0.1, -0.05) is 23.7 Å². The first-order valence-electron chi connectivity index (χ1n) is 5.89. The summed E-state index contributed by atoms with van der Waals surface area (Å²) in [6.45, 7) is 1.47. The van der Waals surface area contributed by atoms with Crippen LogP contribution in [0.15, 0.2) is 42.5 Å². The summed E-state index contributed by atoms with van der Waals surface area (Å²) in [5.41, 5.74) is 1.67. The van der Waals surface area contributed by atoms with Gasteiger partial charge in [-0.05, 0) is 37.3 Å². The van der Waals surface area contributed by atoms with Gasteiger partial charge in [-0.25, -0.2) is 4.79 Å². The fourth-order valence-electron chi connectivity index (χ4n) is 1.80. The number of aromatic carboxylic acids is 1. The van der Waals surface area contributed by atoms with Crippen molar-refractivity contribution in [1.82, 2.24) is 0 Å². The third kappa shape index (κ3) is 2.97. The van der Waals surface area contributed by atoms with Gasteiger partial charge in [-0.3, -0.25) is 4.79 Å². The van der Waals surface area contributed by atoms with Gasteiger partial charge in [-0.15, -0.1) is 0 Å². The van der Waals surface area contributed by atoms with E-state index in [1.54, 1.807) is 24.3 Å². The maximum atomic E-state index is 11.5. The second-order valence-electron chi connectivity index (χ2n) is 4.23. The van der Waals surface area contributed by atoms with Crippen LogP contribution in [0.1, 0.15) is 27.6 Å². The fraction of sp³-hybridized carbons (Fsp3) is 0.0667. The zero-order valence-electron chi connectivity index (χ0n) is 10.7. The number of carbonyl (C=O) groups excluding carboxylic acids is 1. The molecule has 0 spiro atoms. The minimum Gasteiger partial charge on any atom is -0.478 e. The molecule has 0 fully saturated rings. The number of carbonyl (C=O) groups is 2. The Kier molecular flexibility index (Phi) is 4.05. The molecule has 2 aromatic carbocycles. The molecule has 2 N–H and O–H groups in total. The molecule has 0 aliphatic rings. The van der Waals surface area contributed by atoms with Crippen molar-refractivity contribution < 1.29 is 14.7 Å². The second-order valence-corrected chi connectivity index (χ2v) is 4.63. The molecule has 0 amide bonds. The minimum absolute atomic E-state index is 0.0846. The first-order chi connectivity index (χ1) is 9.49. The van der Waals surface area contributed by atoms with Crippen LogP contribution in [0.2, 0.25) is 5.02 Å². The van der Waals surface area contributed by atoms with E-state index < -0.39 is 5.97 Å². The third-order valence-corrected chi connectivity index (χ3v) is 3.12. The van der Waals surface area contributed by atoms with Gasteiger partial charge in [0.15, 0.2) is 5.78 Å². The van der Waals surface area contributed by atoms with E-state index in [1.807, 2.05) is 0 Å². The highest BCUT2D eigenvalue weighted by Crippen LogP contribution is 2.28. The number of rotatable bonds is 4. The van der Waals surface area contributed by atoms with Gasteiger partial charge < -0.3 is 10.4 Å². The maximum absolute atomic E-state index is 11.5. The number of ketones is 1. The van der Waals surface area contributed by atoms with Crippen molar-refractivity contribution in [3.63, 3.8) is 0 Å². The van der Waals surface area contributed by atoms with Gasteiger partial charge >= 0.3 is 5.97 Å². The predicted octanol–water partition coefficient (Wildman–Crippen LogP) is 3.98. The van der Waals surface area contributed by atoms with Crippen molar-refractivity contribution in [2.45, 2.75) is 6.92 Å². The highest BCUT2D eigenvalue weighted by Gasteiger charge is 2.10. The van der Waals surface area contributed by atoms with Crippen LogP contribution in [0.4, 0.5) is 11.4 Å². The lowest BCUT2D eigenvalue weighted by molar-refractivity contribution is 0.0696. The number of hydrogen-bond acceptors (Lipinski definition) is 3. The molecule has 0 unspecified atom stereocenters. The van der Waals surface area contributed by atoms with Crippen LogP contribution in [-0.4, -0.2) is 16.9 Å². The number of halogens is 1. The third-order valence-electron chi connectivity index (χ3n) is 2.79. The number of carboxylic acid groups (broad SMARTS) is 1. The number of benzene rings is 2. The second kappa shape index (κ2) is 5.75. The minimum atomic E-state index is -1.04. The van der Waals surface area contributed by atoms with E-state index in [4.69, 9.17) is 16.7 Å². The molecule has 2 rings (SSSR count). The summed E-state index contributed by atoms with van der Waals surface area (Å²) in [7, 11) is 0. The van der Waals surface area contributed by atoms with Crippen LogP contribution in [0.25, 0.3) is 0 Å². The lowest BCUT2D eigenvalue weighted by atomic mass is 10.1. The molecule has 2 aromatic rings. The van der Waals surface area contributed by atoms with Gasteiger partial charge in [0.25, 0.3) is 0 Å². The maximum Gasteiger partial charge on any atom is 0.335 e. The average Bonchev–Trinajstić information content (AvgIpc) is 2.41. The standard InChI is InChI=1S/C15H12ClNO3/c1-9(18)11-4-2-3-5-13(11)17-14-8-10(15(19)20)6-7-12(14)16/h2-8,17H,1H3,(H,19,20). The molecule has 0 saturated carbocycles. The summed E-state index contributed by atoms with van der Waals surface area (Å²) in [6.07, 6.45) is 0. The number of hydrogen-bond donors (Lipinski definition) is 2. The number of para-hydroxylation sites is 1. The molecular weight excluding hydrogens is 278 g/mol. The Bertz CT molecular complexity index is 683. The predicted molar refractivity (Wildman–Crippen MR) is 78.1 cm³/mol. The van der Waals surface area contributed by atoms with Crippen molar-refractivity contribution in [2.24, 2.45) is 0 Å². The van der Waals surface area contributed by atoms with Gasteiger partial charge in [0, 0.05) is 11.3 Å². The molecule has 20 heavy (non-hydrogen) atoms. The van der Waals surface area contributed by atoms with Crippen LogP contribution >= 0.6 is 11.6 Å². The van der Waals surface area contributed by atoms with E-state index in [9.17, 15) is 9.59 Å². The van der Waals surface area contributed by atoms with E-state index in [2.05, 4.69) is 5.32 Å². The Morgan fingerprint density at radius 2 is 1.80 bits per heavy atom. The quantitative estimate of drug-likeness (QED) is 0.835. The SMILES string of the molecule is CC(=O)c1ccccc1Nc1cc(C(=O)O)ccc1Cl. The van der Waals surface area contributed by atoms with E-state index in [0.717, 1.165) is 0 Å². The average molecular weight is 290 g/mol. The number of carboxylic acids is 1. The van der Waals surface area contributed by atoms with Crippen molar-refractivity contribution >= 4 is 34.7 Å². The van der Waals surface area contributed by atoms with Gasteiger partial charge in [-0.2, -0.15) is 0 Å². The van der Waals surface area contributed by atoms with E-state index >= 15 is 0 Å². The molecule has 0 saturated heterocycles. The molecule has 0 atom stereocenters. The Labute approximate surface area is 121 Å². The summed E-state index contributed by atoms with van der Waals surface area (Å²) in [4.78, 5) is 22.5. The number of anilines is 2. The molecule has 0 aliphatic carbocycles. The normalized spacial score (nSPS) is 10.1. The van der Waals surface area contributed by atoms with Crippen molar-refractivity contribution in [1.29, 1.82) is 0 Å². The number of nitrogens with one attached hydrogen (secondary N) is 1. The Balaban J connectivity index is 2.42. The highest BCUT2D eigenvalue weighted by atomic mass is 35.5. The smallest absolute Gasteiger partial charge is 0.335 e. The highest BCUT2D eigenvalue weighted by molar-refractivity contribution is 6.33. The van der Waals surface area contributed by atoms with Crippen LogP contribution in [-0.2, 0) is 0 Å². The molecule has 0 bridgehead atoms. The lowest BCUT2D eigenvalue weighted by Gasteiger charge is -2.12. The Morgan fingerprint density at radius 3 is 2.45 bits per heavy atom. The topological polar surface area (TPSA) is 66.4 Å². The van der Waals surface area contributed by atoms with Gasteiger partial charge in [0.2, 0.25) is 0 Å². The molecule has 0 aromatic heterocycles. The van der Waals surface area contributed by atoms with Crippen LogP contribution < -0.4 is 5.32 Å². The zero-order valence-corrected chi connectivity index (χ0v) is 11.4. The summed E-state index contributed by atoms with van der Waals surface area (Å²) in [6, 6.07) is 11.3. The van der Waals surface area contributed by atoms with E-state index in [-0.39, 0.29) is 11.3 Å². The zero-order chi connectivity index (χ0) is 14.7. The summed E-state index contributed by atoms with van der Waals surface area (Å²) in [5, 5.41) is 12.4.